The lowest BCUT2D eigenvalue weighted by Gasteiger charge is -2.30. The number of ether oxygens (including phenoxy) is 2. The van der Waals surface area contributed by atoms with Crippen molar-refractivity contribution in [2.45, 2.75) is 62.7 Å². The van der Waals surface area contributed by atoms with Gasteiger partial charge in [0.05, 0.1) is 6.33 Å². The van der Waals surface area contributed by atoms with E-state index in [4.69, 9.17) is 15.2 Å². The van der Waals surface area contributed by atoms with Crippen LogP contribution in [0.15, 0.2) is 30.6 Å². The van der Waals surface area contributed by atoms with Crippen LogP contribution in [0.4, 0.5) is 15.0 Å². The fraction of sp³-hybridized carbons (Fsp3) is 0.464. The first-order valence-corrected chi connectivity index (χ1v) is 13.8. The molecular formula is C28H30FN7O6. The Kier molecular flexibility index (Phi) is 7.63. The summed E-state index contributed by atoms with van der Waals surface area (Å²) in [7, 11) is 0. The number of nitrogen functional groups attached to an aromatic ring is 1. The number of hydrogen-bond donors (Lipinski definition) is 4. The Hall–Kier alpha value is -4.32. The molecule has 2 saturated heterocycles. The number of benzene rings is 1. The van der Waals surface area contributed by atoms with Crippen LogP contribution in [0.5, 0.6) is 5.75 Å². The van der Waals surface area contributed by atoms with Gasteiger partial charge in [-0.3, -0.25) is 9.36 Å². The number of amides is 2. The fourth-order valence-electron chi connectivity index (χ4n) is 5.06. The van der Waals surface area contributed by atoms with Crippen LogP contribution in [0.1, 0.15) is 44.2 Å². The van der Waals surface area contributed by atoms with E-state index in [0.29, 0.717) is 19.5 Å². The van der Waals surface area contributed by atoms with Crippen molar-refractivity contribution < 1.29 is 33.7 Å². The molecule has 13 nitrogen and oxygen atoms in total. The SMILES string of the molecule is Nc1nc(C#CCC2CCN(C(=O)Oc3ccc(F)cc3)CC2)nc2c1ncn2[C@@H]1O[C@H](C(=O)NC2CC2)C(O)[C@@H]1O. The van der Waals surface area contributed by atoms with Crippen LogP contribution in [0.25, 0.3) is 11.2 Å². The van der Waals surface area contributed by atoms with E-state index in [-0.39, 0.29) is 40.5 Å². The monoisotopic (exact) mass is 579 g/mol. The van der Waals surface area contributed by atoms with Gasteiger partial charge in [-0.05, 0) is 61.8 Å². The normalized spacial score (nSPS) is 24.3. The Morgan fingerprint density at radius 1 is 1.12 bits per heavy atom. The van der Waals surface area contributed by atoms with Crippen LogP contribution < -0.4 is 15.8 Å². The van der Waals surface area contributed by atoms with Gasteiger partial charge in [-0.2, -0.15) is 0 Å². The quantitative estimate of drug-likeness (QED) is 0.320. The first kappa shape index (κ1) is 27.8. The number of nitrogens with zero attached hydrogens (tertiary/aromatic N) is 5. The average molecular weight is 580 g/mol. The van der Waals surface area contributed by atoms with Crippen molar-refractivity contribution in [3.63, 3.8) is 0 Å². The number of likely N-dealkylation sites (tertiary alicyclic amines) is 1. The van der Waals surface area contributed by atoms with E-state index in [1.54, 1.807) is 4.90 Å². The zero-order valence-corrected chi connectivity index (χ0v) is 22.5. The van der Waals surface area contributed by atoms with Crippen LogP contribution in [0.2, 0.25) is 0 Å². The summed E-state index contributed by atoms with van der Waals surface area (Å²) in [6.45, 7) is 1.02. The maximum atomic E-state index is 13.1. The van der Waals surface area contributed by atoms with Gasteiger partial charge >= 0.3 is 6.09 Å². The summed E-state index contributed by atoms with van der Waals surface area (Å²) < 4.78 is 25.6. The van der Waals surface area contributed by atoms with E-state index < -0.39 is 42.4 Å². The number of rotatable bonds is 5. The molecule has 2 amide bonds. The Labute approximate surface area is 239 Å². The molecular weight excluding hydrogens is 549 g/mol. The highest BCUT2D eigenvalue weighted by Crippen LogP contribution is 2.33. The number of imidazole rings is 1. The van der Waals surface area contributed by atoms with Crippen LogP contribution >= 0.6 is 0 Å². The molecule has 0 spiro atoms. The van der Waals surface area contributed by atoms with Crippen molar-refractivity contribution in [2.75, 3.05) is 18.8 Å². The summed E-state index contributed by atoms with van der Waals surface area (Å²) in [5.41, 5.74) is 6.63. The minimum absolute atomic E-state index is 0.0733. The highest BCUT2D eigenvalue weighted by molar-refractivity contribution is 5.83. The van der Waals surface area contributed by atoms with Gasteiger partial charge in [-0.1, -0.05) is 5.92 Å². The zero-order chi connectivity index (χ0) is 29.4. The Bertz CT molecular complexity index is 1540. The van der Waals surface area contributed by atoms with Crippen molar-refractivity contribution in [3.8, 4) is 17.6 Å². The molecule has 2 aliphatic heterocycles. The molecule has 3 fully saturated rings. The number of nitrogens with two attached hydrogens (primary N) is 1. The van der Waals surface area contributed by atoms with E-state index in [9.17, 15) is 24.2 Å². The van der Waals surface area contributed by atoms with Crippen LogP contribution in [-0.4, -0.2) is 84.1 Å². The molecule has 2 aromatic heterocycles. The van der Waals surface area contributed by atoms with Gasteiger partial charge < -0.3 is 35.6 Å². The molecule has 3 aromatic rings. The second-order valence-corrected chi connectivity index (χ2v) is 10.7. The Balaban J connectivity index is 1.08. The van der Waals surface area contributed by atoms with E-state index in [2.05, 4.69) is 32.1 Å². The molecule has 4 atom stereocenters. The molecule has 42 heavy (non-hydrogen) atoms. The summed E-state index contributed by atoms with van der Waals surface area (Å²) in [6, 6.07) is 5.36. The third kappa shape index (κ3) is 5.85. The van der Waals surface area contributed by atoms with E-state index >= 15 is 0 Å². The van der Waals surface area contributed by atoms with Crippen LogP contribution in [-0.2, 0) is 9.53 Å². The van der Waals surface area contributed by atoms with Gasteiger partial charge in [0.15, 0.2) is 23.8 Å². The smallest absolute Gasteiger partial charge is 0.410 e. The number of aliphatic hydroxyl groups is 2. The first-order valence-electron chi connectivity index (χ1n) is 13.8. The molecule has 1 saturated carbocycles. The molecule has 1 aliphatic carbocycles. The largest absolute Gasteiger partial charge is 0.415 e. The summed E-state index contributed by atoms with van der Waals surface area (Å²) >= 11 is 0. The molecule has 3 aliphatic rings. The first-order chi connectivity index (χ1) is 20.3. The standard InChI is InChI=1S/C28H30FN7O6/c29-16-4-8-18(9-5-16)41-28(40)35-12-10-15(11-13-35)2-1-3-19-33-24(30)20-25(34-19)36(14-31-20)27-22(38)21(37)23(42-27)26(39)32-17-6-7-17/h4-5,8-9,14-15,17,21-23,27,37-38H,2,6-7,10-13H2,(H,32,39)(H2,30,33,34)/t21?,22-,23-,27+/m0/s1. The summed E-state index contributed by atoms with van der Waals surface area (Å²) in [6.07, 6.45) is -0.528. The van der Waals surface area contributed by atoms with Crippen molar-refractivity contribution in [1.29, 1.82) is 0 Å². The van der Waals surface area contributed by atoms with Crippen LogP contribution in [0.3, 0.4) is 0 Å². The number of aromatic nitrogens is 4. The topological polar surface area (TPSA) is 178 Å². The number of nitrogens with one attached hydrogen (secondary N) is 1. The number of carbonyl (C=O) groups is 2. The molecule has 6 rings (SSSR count). The minimum atomic E-state index is -1.43. The van der Waals surface area contributed by atoms with Gasteiger partial charge in [0, 0.05) is 25.6 Å². The summed E-state index contributed by atoms with van der Waals surface area (Å²) in [5.74, 6) is 5.92. The van der Waals surface area contributed by atoms with Gasteiger partial charge in [0.25, 0.3) is 5.91 Å². The predicted octanol–water partition coefficient (Wildman–Crippen LogP) is 1.10. The number of aliphatic hydroxyl groups excluding tert-OH is 2. The number of piperidine rings is 1. The predicted molar refractivity (Wildman–Crippen MR) is 145 cm³/mol. The molecule has 14 heteroatoms. The van der Waals surface area contributed by atoms with Crippen molar-refractivity contribution in [1.82, 2.24) is 29.7 Å². The Morgan fingerprint density at radius 2 is 1.86 bits per heavy atom. The minimum Gasteiger partial charge on any atom is -0.410 e. The third-order valence-corrected chi connectivity index (χ3v) is 7.63. The second kappa shape index (κ2) is 11.5. The molecule has 0 radical (unpaired) electrons. The molecule has 4 heterocycles. The summed E-state index contributed by atoms with van der Waals surface area (Å²) in [5, 5.41) is 23.9. The van der Waals surface area contributed by atoms with Gasteiger partial charge in [0.2, 0.25) is 5.82 Å². The molecule has 1 aromatic carbocycles. The second-order valence-electron chi connectivity index (χ2n) is 10.7. The highest BCUT2D eigenvalue weighted by Gasteiger charge is 2.48. The maximum Gasteiger partial charge on any atom is 0.415 e. The van der Waals surface area contributed by atoms with E-state index in [1.807, 2.05) is 0 Å². The van der Waals surface area contributed by atoms with Gasteiger partial charge in [-0.15, -0.1) is 0 Å². The van der Waals surface area contributed by atoms with Gasteiger partial charge in [-0.25, -0.2) is 24.1 Å². The lowest BCUT2D eigenvalue weighted by atomic mass is 9.94. The van der Waals surface area contributed by atoms with E-state index in [1.165, 1.54) is 35.2 Å². The molecule has 1 unspecified atom stereocenters. The molecule has 0 bridgehead atoms. The number of halogens is 1. The third-order valence-electron chi connectivity index (χ3n) is 7.63. The maximum absolute atomic E-state index is 13.1. The number of carbonyl (C=O) groups excluding carboxylic acids is 2. The van der Waals surface area contributed by atoms with Crippen molar-refractivity contribution >= 4 is 29.0 Å². The van der Waals surface area contributed by atoms with E-state index in [0.717, 1.165) is 25.7 Å². The fourth-order valence-corrected chi connectivity index (χ4v) is 5.06. The Morgan fingerprint density at radius 3 is 2.57 bits per heavy atom. The number of hydrogen-bond acceptors (Lipinski definition) is 10. The number of anilines is 1. The zero-order valence-electron chi connectivity index (χ0n) is 22.5. The lowest BCUT2D eigenvalue weighted by molar-refractivity contribution is -0.137. The summed E-state index contributed by atoms with van der Waals surface area (Å²) in [4.78, 5) is 39.4. The van der Waals surface area contributed by atoms with Gasteiger partial charge in [0.1, 0.15) is 29.3 Å². The van der Waals surface area contributed by atoms with Crippen LogP contribution in [0, 0.1) is 23.6 Å². The molecule has 220 valence electrons. The number of fused-ring (bicyclic) bond motifs is 1. The lowest BCUT2D eigenvalue weighted by Crippen LogP contribution is -2.43. The van der Waals surface area contributed by atoms with Crippen molar-refractivity contribution in [3.05, 3.63) is 42.2 Å². The average Bonchev–Trinajstić information content (AvgIpc) is 3.61. The molecule has 5 N–H and O–H groups in total. The van der Waals surface area contributed by atoms with Crippen molar-refractivity contribution in [2.24, 2.45) is 5.92 Å². The highest BCUT2D eigenvalue weighted by atomic mass is 19.1.